The van der Waals surface area contributed by atoms with Gasteiger partial charge in [0, 0.05) is 55.1 Å². The summed E-state index contributed by atoms with van der Waals surface area (Å²) in [5.74, 6) is -0.602. The second-order valence-electron chi connectivity index (χ2n) is 6.98. The molecule has 1 saturated heterocycles. The fourth-order valence-corrected chi connectivity index (χ4v) is 4.41. The van der Waals surface area contributed by atoms with Crippen molar-refractivity contribution in [3.63, 3.8) is 0 Å². The Hall–Kier alpha value is -3.07. The summed E-state index contributed by atoms with van der Waals surface area (Å²) in [6.07, 6.45) is 5.15. The highest BCUT2D eigenvalue weighted by Crippen LogP contribution is 2.32. The fourth-order valence-electron chi connectivity index (χ4n) is 3.46. The molecule has 0 unspecified atom stereocenters. The average Bonchev–Trinajstić information content (AvgIpc) is 3.31. The quantitative estimate of drug-likeness (QED) is 0.672. The maximum atomic E-state index is 13.3. The van der Waals surface area contributed by atoms with E-state index in [1.165, 1.54) is 30.5 Å². The van der Waals surface area contributed by atoms with Crippen LogP contribution in [-0.4, -0.2) is 45.8 Å². The average molecular weight is 413 g/mol. The fraction of sp³-hybridized carbons (Fsp3) is 0.300. The summed E-state index contributed by atoms with van der Waals surface area (Å²) < 4.78 is 14.2. The van der Waals surface area contributed by atoms with Gasteiger partial charge in [-0.3, -0.25) is 19.6 Å². The Morgan fingerprint density at radius 1 is 1.34 bits per heavy atom. The number of likely N-dealkylation sites (tertiary alicyclic amines) is 1. The van der Waals surface area contributed by atoms with Crippen LogP contribution in [-0.2, 0) is 11.3 Å². The zero-order chi connectivity index (χ0) is 20.4. The molecule has 29 heavy (non-hydrogen) atoms. The first-order chi connectivity index (χ1) is 14.0. The minimum absolute atomic E-state index is 0.0183. The van der Waals surface area contributed by atoms with E-state index in [0.717, 1.165) is 27.1 Å². The van der Waals surface area contributed by atoms with Crippen molar-refractivity contribution in [2.24, 2.45) is 0 Å². The van der Waals surface area contributed by atoms with Gasteiger partial charge in [-0.15, -0.1) is 11.3 Å². The Kier molecular flexibility index (Phi) is 5.39. The third-order valence-corrected chi connectivity index (χ3v) is 5.82. The van der Waals surface area contributed by atoms with Crippen molar-refractivity contribution < 1.29 is 14.0 Å². The molecule has 150 valence electrons. The summed E-state index contributed by atoms with van der Waals surface area (Å²) in [6.45, 7) is 2.98. The molecule has 0 bridgehead atoms. The molecule has 1 atom stereocenters. The van der Waals surface area contributed by atoms with Crippen LogP contribution in [0.2, 0.25) is 0 Å². The number of halogens is 1. The molecule has 2 N–H and O–H groups in total. The van der Waals surface area contributed by atoms with E-state index in [-0.39, 0.29) is 23.7 Å². The SMILES string of the molecule is CC(=O)N[C@@H]1CCN(C(=O)c2nccc3sc(NCc4cncc(F)c4)cc23)C1. The first kappa shape index (κ1) is 19.3. The number of hydrogen-bond donors (Lipinski definition) is 2. The summed E-state index contributed by atoms with van der Waals surface area (Å²) in [5, 5.41) is 7.76. The number of fused-ring (bicyclic) bond motifs is 1. The predicted molar refractivity (Wildman–Crippen MR) is 109 cm³/mol. The number of amides is 2. The molecular formula is C20H20FN5O2S. The Balaban J connectivity index is 1.50. The Bertz CT molecular complexity index is 1070. The molecule has 4 heterocycles. The maximum Gasteiger partial charge on any atom is 0.273 e. The molecule has 0 spiro atoms. The molecule has 7 nitrogen and oxygen atoms in total. The number of nitrogens with zero attached hydrogens (tertiary/aromatic N) is 3. The van der Waals surface area contributed by atoms with Gasteiger partial charge in [0.05, 0.1) is 11.2 Å². The summed E-state index contributed by atoms with van der Waals surface area (Å²) in [7, 11) is 0. The van der Waals surface area contributed by atoms with E-state index in [0.29, 0.717) is 25.3 Å². The van der Waals surface area contributed by atoms with Crippen molar-refractivity contribution in [2.75, 3.05) is 18.4 Å². The molecule has 1 aliphatic heterocycles. The van der Waals surface area contributed by atoms with Gasteiger partial charge in [-0.25, -0.2) is 4.39 Å². The Morgan fingerprint density at radius 3 is 3.00 bits per heavy atom. The van der Waals surface area contributed by atoms with Gasteiger partial charge in [0.2, 0.25) is 5.91 Å². The summed E-state index contributed by atoms with van der Waals surface area (Å²) in [5.41, 5.74) is 1.14. The van der Waals surface area contributed by atoms with Gasteiger partial charge in [0.1, 0.15) is 11.5 Å². The number of hydrogen-bond acceptors (Lipinski definition) is 6. The van der Waals surface area contributed by atoms with Crippen LogP contribution in [0.1, 0.15) is 29.4 Å². The smallest absolute Gasteiger partial charge is 0.273 e. The monoisotopic (exact) mass is 413 g/mol. The number of pyridine rings is 2. The number of carbonyl (C=O) groups excluding carboxylic acids is 2. The molecule has 0 saturated carbocycles. The standard InChI is InChI=1S/C20H20FN5O2S/c1-12(27)25-15-3-5-26(11-15)20(28)19-16-7-18(29-17(16)2-4-23-19)24-9-13-6-14(21)10-22-8-13/h2,4,6-8,10,15,24H,3,5,9,11H2,1H3,(H,25,27)/t15-/m1/s1. The molecular weight excluding hydrogens is 393 g/mol. The molecule has 0 aliphatic carbocycles. The van der Waals surface area contributed by atoms with Crippen LogP contribution in [0, 0.1) is 5.82 Å². The van der Waals surface area contributed by atoms with E-state index >= 15 is 0 Å². The lowest BCUT2D eigenvalue weighted by atomic mass is 10.2. The molecule has 4 rings (SSSR count). The van der Waals surface area contributed by atoms with E-state index in [9.17, 15) is 14.0 Å². The molecule has 2 amide bonds. The van der Waals surface area contributed by atoms with Crippen molar-refractivity contribution in [3.8, 4) is 0 Å². The van der Waals surface area contributed by atoms with Crippen molar-refractivity contribution in [2.45, 2.75) is 25.9 Å². The second kappa shape index (κ2) is 8.12. The largest absolute Gasteiger partial charge is 0.373 e. The molecule has 1 fully saturated rings. The molecule has 0 aromatic carbocycles. The van der Waals surface area contributed by atoms with Crippen molar-refractivity contribution >= 4 is 38.2 Å². The highest BCUT2D eigenvalue weighted by Gasteiger charge is 2.29. The zero-order valence-corrected chi connectivity index (χ0v) is 16.6. The highest BCUT2D eigenvalue weighted by atomic mass is 32.1. The van der Waals surface area contributed by atoms with Gasteiger partial charge < -0.3 is 15.5 Å². The molecule has 1 aliphatic rings. The van der Waals surface area contributed by atoms with E-state index in [1.54, 1.807) is 17.3 Å². The van der Waals surface area contributed by atoms with Crippen LogP contribution in [0.15, 0.2) is 36.8 Å². The lowest BCUT2D eigenvalue weighted by Gasteiger charge is -2.16. The van der Waals surface area contributed by atoms with Gasteiger partial charge in [-0.2, -0.15) is 0 Å². The predicted octanol–water partition coefficient (Wildman–Crippen LogP) is 2.79. The lowest BCUT2D eigenvalue weighted by Crippen LogP contribution is -2.37. The van der Waals surface area contributed by atoms with Crippen LogP contribution in [0.3, 0.4) is 0 Å². The summed E-state index contributed by atoms with van der Waals surface area (Å²) in [6, 6.07) is 5.18. The number of nitrogens with one attached hydrogen (secondary N) is 2. The van der Waals surface area contributed by atoms with Crippen LogP contribution < -0.4 is 10.6 Å². The Morgan fingerprint density at radius 2 is 2.21 bits per heavy atom. The topological polar surface area (TPSA) is 87.2 Å². The number of thiophene rings is 1. The van der Waals surface area contributed by atoms with Gasteiger partial charge in [0.25, 0.3) is 5.91 Å². The number of aromatic nitrogens is 2. The van der Waals surface area contributed by atoms with Gasteiger partial charge in [-0.05, 0) is 30.2 Å². The summed E-state index contributed by atoms with van der Waals surface area (Å²) >= 11 is 1.51. The molecule has 3 aromatic heterocycles. The first-order valence-electron chi connectivity index (χ1n) is 9.28. The normalized spacial score (nSPS) is 16.2. The molecule has 0 radical (unpaired) electrons. The van der Waals surface area contributed by atoms with E-state index in [1.807, 2.05) is 12.1 Å². The van der Waals surface area contributed by atoms with Crippen molar-refractivity contribution in [1.82, 2.24) is 20.2 Å². The third-order valence-electron chi connectivity index (χ3n) is 4.76. The van der Waals surface area contributed by atoms with Crippen LogP contribution in [0.4, 0.5) is 9.39 Å². The van der Waals surface area contributed by atoms with E-state index < -0.39 is 0 Å². The van der Waals surface area contributed by atoms with Crippen LogP contribution in [0.25, 0.3) is 10.1 Å². The minimum atomic E-state index is -0.374. The van der Waals surface area contributed by atoms with Crippen LogP contribution in [0.5, 0.6) is 0 Å². The second-order valence-corrected chi connectivity index (χ2v) is 8.07. The summed E-state index contributed by atoms with van der Waals surface area (Å²) in [4.78, 5) is 34.1. The lowest BCUT2D eigenvalue weighted by molar-refractivity contribution is -0.119. The van der Waals surface area contributed by atoms with E-state index in [2.05, 4.69) is 20.6 Å². The van der Waals surface area contributed by atoms with Crippen LogP contribution >= 0.6 is 11.3 Å². The van der Waals surface area contributed by atoms with Crippen molar-refractivity contribution in [3.05, 3.63) is 53.9 Å². The van der Waals surface area contributed by atoms with Gasteiger partial charge in [0.15, 0.2) is 0 Å². The number of rotatable bonds is 5. The van der Waals surface area contributed by atoms with Gasteiger partial charge >= 0.3 is 0 Å². The molecule has 3 aromatic rings. The minimum Gasteiger partial charge on any atom is -0.373 e. The zero-order valence-electron chi connectivity index (χ0n) is 15.8. The maximum absolute atomic E-state index is 13.3. The first-order valence-corrected chi connectivity index (χ1v) is 10.1. The Labute approximate surface area is 171 Å². The number of anilines is 1. The highest BCUT2D eigenvalue weighted by molar-refractivity contribution is 7.22. The van der Waals surface area contributed by atoms with Crippen molar-refractivity contribution in [1.29, 1.82) is 0 Å². The van der Waals surface area contributed by atoms with E-state index in [4.69, 9.17) is 0 Å². The number of carbonyl (C=O) groups is 2. The van der Waals surface area contributed by atoms with Gasteiger partial charge in [-0.1, -0.05) is 0 Å². The third kappa shape index (κ3) is 4.34. The molecule has 9 heteroatoms.